The lowest BCUT2D eigenvalue weighted by Gasteiger charge is -2.07. The quantitative estimate of drug-likeness (QED) is 0.871. The van der Waals surface area contributed by atoms with Gasteiger partial charge in [0, 0.05) is 19.8 Å². The minimum absolute atomic E-state index is 0.196. The van der Waals surface area contributed by atoms with Crippen molar-refractivity contribution in [2.24, 2.45) is 7.05 Å². The predicted octanol–water partition coefficient (Wildman–Crippen LogP) is 2.10. The summed E-state index contributed by atoms with van der Waals surface area (Å²) < 4.78 is 14.6. The summed E-state index contributed by atoms with van der Waals surface area (Å²) in [6, 6.07) is 4.84. The van der Waals surface area contributed by atoms with Crippen LogP contribution >= 0.6 is 0 Å². The van der Waals surface area contributed by atoms with Gasteiger partial charge in [-0.25, -0.2) is 4.39 Å². The fourth-order valence-corrected chi connectivity index (χ4v) is 1.90. The van der Waals surface area contributed by atoms with Crippen LogP contribution in [0.15, 0.2) is 24.4 Å². The summed E-state index contributed by atoms with van der Waals surface area (Å²) in [7, 11) is 1.83. The van der Waals surface area contributed by atoms with E-state index in [9.17, 15) is 4.39 Å². The van der Waals surface area contributed by atoms with Gasteiger partial charge in [-0.2, -0.15) is 5.10 Å². The van der Waals surface area contributed by atoms with E-state index in [1.807, 2.05) is 20.0 Å². The smallest absolute Gasteiger partial charge is 0.171 e. The Kier molecular flexibility index (Phi) is 3.50. The number of aromatic nitrogens is 2. The number of rotatable bonds is 4. The molecule has 18 heavy (non-hydrogen) atoms. The van der Waals surface area contributed by atoms with Crippen LogP contribution in [0.5, 0.6) is 0 Å². The lowest BCUT2D eigenvalue weighted by Crippen LogP contribution is -2.08. The zero-order chi connectivity index (χ0) is 13.1. The van der Waals surface area contributed by atoms with Gasteiger partial charge < -0.3 is 11.1 Å². The van der Waals surface area contributed by atoms with E-state index in [2.05, 4.69) is 10.4 Å². The molecule has 5 heteroatoms. The molecule has 96 valence electrons. The van der Waals surface area contributed by atoms with Gasteiger partial charge in [0.25, 0.3) is 0 Å². The third-order valence-corrected chi connectivity index (χ3v) is 2.85. The largest absolute Gasteiger partial charge is 0.394 e. The van der Waals surface area contributed by atoms with E-state index in [0.29, 0.717) is 18.1 Å². The van der Waals surface area contributed by atoms with Crippen LogP contribution in [-0.2, 0) is 13.5 Å². The molecule has 0 radical (unpaired) electrons. The van der Waals surface area contributed by atoms with Gasteiger partial charge in [0.15, 0.2) is 5.82 Å². The monoisotopic (exact) mass is 248 g/mol. The van der Waals surface area contributed by atoms with Crippen LogP contribution in [-0.4, -0.2) is 16.3 Å². The molecular weight excluding hydrogens is 231 g/mol. The fraction of sp³-hybridized carbons (Fsp3) is 0.308. The second kappa shape index (κ2) is 5.08. The van der Waals surface area contributed by atoms with Crippen molar-refractivity contribution in [2.45, 2.75) is 13.3 Å². The third kappa shape index (κ3) is 2.80. The standard InChI is InChI=1S/C13H17FN4/c1-9-7-11(14)4-3-10(9)5-6-16-13-12(15)8-18(2)17-13/h3-4,7-8H,5-6,15H2,1-2H3,(H,16,17). The minimum atomic E-state index is -0.196. The highest BCUT2D eigenvalue weighted by Crippen LogP contribution is 2.15. The molecule has 1 aromatic heterocycles. The second-order valence-corrected chi connectivity index (χ2v) is 4.35. The molecule has 2 rings (SSSR count). The van der Waals surface area contributed by atoms with E-state index in [1.165, 1.54) is 6.07 Å². The number of hydrogen-bond donors (Lipinski definition) is 2. The van der Waals surface area contributed by atoms with Crippen LogP contribution in [0.25, 0.3) is 0 Å². The lowest BCUT2D eigenvalue weighted by atomic mass is 10.1. The molecule has 0 spiro atoms. The normalized spacial score (nSPS) is 10.6. The third-order valence-electron chi connectivity index (χ3n) is 2.85. The second-order valence-electron chi connectivity index (χ2n) is 4.35. The number of aryl methyl sites for hydroxylation is 2. The van der Waals surface area contributed by atoms with Crippen molar-refractivity contribution >= 4 is 11.5 Å². The average Bonchev–Trinajstić information content (AvgIpc) is 2.61. The maximum absolute atomic E-state index is 12.9. The summed E-state index contributed by atoms with van der Waals surface area (Å²) in [4.78, 5) is 0. The van der Waals surface area contributed by atoms with Crippen LogP contribution in [0.4, 0.5) is 15.9 Å². The summed E-state index contributed by atoms with van der Waals surface area (Å²) in [6.07, 6.45) is 2.56. The molecule has 0 amide bonds. The van der Waals surface area contributed by atoms with Crippen molar-refractivity contribution in [3.05, 3.63) is 41.3 Å². The van der Waals surface area contributed by atoms with Crippen LogP contribution < -0.4 is 11.1 Å². The number of nitrogens with zero attached hydrogens (tertiary/aromatic N) is 2. The molecule has 1 aromatic carbocycles. The molecule has 2 aromatic rings. The van der Waals surface area contributed by atoms with Crippen molar-refractivity contribution in [1.29, 1.82) is 0 Å². The van der Waals surface area contributed by atoms with Crippen molar-refractivity contribution in [3.8, 4) is 0 Å². The molecule has 0 atom stereocenters. The number of hydrogen-bond acceptors (Lipinski definition) is 3. The summed E-state index contributed by atoms with van der Waals surface area (Å²) in [6.45, 7) is 2.63. The zero-order valence-corrected chi connectivity index (χ0v) is 10.6. The molecule has 3 N–H and O–H groups in total. The van der Waals surface area contributed by atoms with Gasteiger partial charge in [-0.1, -0.05) is 6.07 Å². The Hall–Kier alpha value is -2.04. The van der Waals surface area contributed by atoms with Gasteiger partial charge in [0.1, 0.15) is 5.82 Å². The summed E-state index contributed by atoms with van der Waals surface area (Å²) in [5.74, 6) is 0.496. The van der Waals surface area contributed by atoms with Crippen molar-refractivity contribution in [2.75, 3.05) is 17.6 Å². The Bertz CT molecular complexity index is 548. The van der Waals surface area contributed by atoms with Crippen molar-refractivity contribution in [3.63, 3.8) is 0 Å². The molecule has 4 nitrogen and oxygen atoms in total. The molecule has 0 unspecified atom stereocenters. The molecule has 0 aliphatic heterocycles. The Balaban J connectivity index is 1.94. The number of nitrogens with one attached hydrogen (secondary N) is 1. The van der Waals surface area contributed by atoms with Crippen LogP contribution in [0.1, 0.15) is 11.1 Å². The molecule has 0 bridgehead atoms. The molecule has 0 aliphatic rings. The van der Waals surface area contributed by atoms with Gasteiger partial charge >= 0.3 is 0 Å². The van der Waals surface area contributed by atoms with E-state index in [1.54, 1.807) is 16.9 Å². The molecule has 0 fully saturated rings. The predicted molar refractivity (Wildman–Crippen MR) is 71.0 cm³/mol. The first-order chi connectivity index (χ1) is 8.56. The van der Waals surface area contributed by atoms with Gasteiger partial charge in [-0.15, -0.1) is 0 Å². The average molecular weight is 248 g/mol. The maximum Gasteiger partial charge on any atom is 0.171 e. The Morgan fingerprint density at radius 3 is 2.83 bits per heavy atom. The van der Waals surface area contributed by atoms with Crippen LogP contribution in [0.3, 0.4) is 0 Å². The minimum Gasteiger partial charge on any atom is -0.394 e. The topological polar surface area (TPSA) is 55.9 Å². The fourth-order valence-electron chi connectivity index (χ4n) is 1.90. The van der Waals surface area contributed by atoms with Gasteiger partial charge in [-0.05, 0) is 36.6 Å². The molecule has 0 saturated heterocycles. The van der Waals surface area contributed by atoms with E-state index in [-0.39, 0.29) is 5.82 Å². The number of benzene rings is 1. The maximum atomic E-state index is 12.9. The van der Waals surface area contributed by atoms with Crippen molar-refractivity contribution in [1.82, 2.24) is 9.78 Å². The zero-order valence-electron chi connectivity index (χ0n) is 10.6. The van der Waals surface area contributed by atoms with E-state index >= 15 is 0 Å². The first kappa shape index (κ1) is 12.4. The van der Waals surface area contributed by atoms with Gasteiger partial charge in [-0.3, -0.25) is 4.68 Å². The molecule has 1 heterocycles. The Morgan fingerprint density at radius 2 is 2.22 bits per heavy atom. The SMILES string of the molecule is Cc1cc(F)ccc1CCNc1nn(C)cc1N. The Morgan fingerprint density at radius 1 is 1.44 bits per heavy atom. The highest BCUT2D eigenvalue weighted by Gasteiger charge is 2.04. The first-order valence-corrected chi connectivity index (χ1v) is 5.84. The molecule has 0 aliphatic carbocycles. The van der Waals surface area contributed by atoms with Crippen LogP contribution in [0, 0.1) is 12.7 Å². The van der Waals surface area contributed by atoms with E-state index in [4.69, 9.17) is 5.73 Å². The number of halogens is 1. The Labute approximate surface area is 106 Å². The number of anilines is 2. The summed E-state index contributed by atoms with van der Waals surface area (Å²) >= 11 is 0. The van der Waals surface area contributed by atoms with E-state index < -0.39 is 0 Å². The van der Waals surface area contributed by atoms with Gasteiger partial charge in [0.2, 0.25) is 0 Å². The van der Waals surface area contributed by atoms with Crippen LogP contribution in [0.2, 0.25) is 0 Å². The number of nitrogen functional groups attached to an aromatic ring is 1. The highest BCUT2D eigenvalue weighted by atomic mass is 19.1. The highest BCUT2D eigenvalue weighted by molar-refractivity contribution is 5.59. The van der Waals surface area contributed by atoms with E-state index in [0.717, 1.165) is 17.5 Å². The first-order valence-electron chi connectivity index (χ1n) is 5.84. The number of nitrogens with two attached hydrogens (primary N) is 1. The lowest BCUT2D eigenvalue weighted by molar-refractivity contribution is 0.625. The van der Waals surface area contributed by atoms with Crippen molar-refractivity contribution < 1.29 is 4.39 Å². The molecular formula is C13H17FN4. The van der Waals surface area contributed by atoms with Gasteiger partial charge in [0.05, 0.1) is 5.69 Å². The molecule has 0 saturated carbocycles. The summed E-state index contributed by atoms with van der Waals surface area (Å²) in [5.41, 5.74) is 8.50. The summed E-state index contributed by atoms with van der Waals surface area (Å²) in [5, 5.41) is 7.37.